The monoisotopic (exact) mass is 196 g/mol. The molecule has 1 aliphatic heterocycles. The lowest BCUT2D eigenvalue weighted by Gasteiger charge is -2.19. The van der Waals surface area contributed by atoms with Gasteiger partial charge in [-0.3, -0.25) is 9.59 Å². The Morgan fingerprint density at radius 1 is 1.64 bits per heavy atom. The standard InChI is InChI=1S/C10H16N2O2/c1-3-9(13)11-8-6-4-5-7-12(2)10(8)14/h3,8H,1,4-7H2,2H3,(H,11,13). The maximum Gasteiger partial charge on any atom is 0.244 e. The first kappa shape index (κ1) is 10.8. The molecule has 0 saturated carbocycles. The fourth-order valence-corrected chi connectivity index (χ4v) is 1.56. The lowest BCUT2D eigenvalue weighted by Crippen LogP contribution is -2.45. The Morgan fingerprint density at radius 3 is 3.00 bits per heavy atom. The van der Waals surface area contributed by atoms with Crippen molar-refractivity contribution in [3.63, 3.8) is 0 Å². The first-order valence-electron chi connectivity index (χ1n) is 4.83. The Hall–Kier alpha value is -1.32. The predicted molar refractivity (Wildman–Crippen MR) is 53.6 cm³/mol. The zero-order chi connectivity index (χ0) is 10.6. The average Bonchev–Trinajstić information content (AvgIpc) is 2.33. The molecule has 1 aliphatic rings. The molecule has 0 aromatic heterocycles. The van der Waals surface area contributed by atoms with Gasteiger partial charge in [-0.15, -0.1) is 0 Å². The Bertz CT molecular complexity index is 251. The van der Waals surface area contributed by atoms with E-state index in [1.165, 1.54) is 6.08 Å². The summed E-state index contributed by atoms with van der Waals surface area (Å²) in [6, 6.07) is -0.368. The van der Waals surface area contributed by atoms with E-state index in [9.17, 15) is 9.59 Å². The number of carbonyl (C=O) groups excluding carboxylic acids is 2. The third-order valence-electron chi connectivity index (χ3n) is 2.41. The number of likely N-dealkylation sites (N-methyl/N-ethyl adjacent to an activating group) is 1. The SMILES string of the molecule is C=CC(=O)NC1CCCCN(C)C1=O. The summed E-state index contributed by atoms with van der Waals surface area (Å²) < 4.78 is 0. The summed E-state index contributed by atoms with van der Waals surface area (Å²) in [6.45, 7) is 4.13. The van der Waals surface area contributed by atoms with E-state index in [1.807, 2.05) is 0 Å². The molecule has 0 radical (unpaired) electrons. The molecule has 2 amide bonds. The van der Waals surface area contributed by atoms with Crippen LogP contribution in [0.2, 0.25) is 0 Å². The van der Waals surface area contributed by atoms with E-state index in [2.05, 4.69) is 11.9 Å². The minimum absolute atomic E-state index is 0.00213. The van der Waals surface area contributed by atoms with Crippen molar-refractivity contribution < 1.29 is 9.59 Å². The summed E-state index contributed by atoms with van der Waals surface area (Å²) in [5.41, 5.74) is 0. The van der Waals surface area contributed by atoms with Crippen LogP contribution in [0.3, 0.4) is 0 Å². The molecule has 0 aliphatic carbocycles. The van der Waals surface area contributed by atoms with Crippen molar-refractivity contribution in [2.75, 3.05) is 13.6 Å². The molecule has 0 aromatic rings. The normalized spacial score (nSPS) is 22.8. The van der Waals surface area contributed by atoms with Gasteiger partial charge in [0, 0.05) is 13.6 Å². The molecular weight excluding hydrogens is 180 g/mol. The molecule has 0 spiro atoms. The zero-order valence-electron chi connectivity index (χ0n) is 8.45. The average molecular weight is 196 g/mol. The quantitative estimate of drug-likeness (QED) is 0.646. The summed E-state index contributed by atoms with van der Waals surface area (Å²) in [4.78, 5) is 24.4. The first-order valence-corrected chi connectivity index (χ1v) is 4.83. The van der Waals surface area contributed by atoms with E-state index < -0.39 is 0 Å². The minimum atomic E-state index is -0.368. The summed E-state index contributed by atoms with van der Waals surface area (Å²) in [7, 11) is 1.76. The van der Waals surface area contributed by atoms with Crippen molar-refractivity contribution in [3.8, 4) is 0 Å². The van der Waals surface area contributed by atoms with Crippen LogP contribution in [0, 0.1) is 0 Å². The van der Waals surface area contributed by atoms with E-state index in [-0.39, 0.29) is 17.9 Å². The molecule has 1 rings (SSSR count). The van der Waals surface area contributed by atoms with Crippen LogP contribution in [0.1, 0.15) is 19.3 Å². The summed E-state index contributed by atoms with van der Waals surface area (Å²) >= 11 is 0. The predicted octanol–water partition coefficient (Wildman–Crippen LogP) is 0.299. The number of nitrogens with zero attached hydrogens (tertiary/aromatic N) is 1. The van der Waals surface area contributed by atoms with Gasteiger partial charge in [-0.1, -0.05) is 6.58 Å². The molecule has 1 heterocycles. The van der Waals surface area contributed by atoms with Gasteiger partial charge in [0.15, 0.2) is 0 Å². The van der Waals surface area contributed by atoms with E-state index in [0.717, 1.165) is 25.8 Å². The van der Waals surface area contributed by atoms with Crippen LogP contribution in [-0.2, 0) is 9.59 Å². The maximum atomic E-state index is 11.7. The number of nitrogens with one attached hydrogen (secondary N) is 1. The van der Waals surface area contributed by atoms with E-state index >= 15 is 0 Å². The van der Waals surface area contributed by atoms with Gasteiger partial charge in [-0.25, -0.2) is 0 Å². The molecular formula is C10H16N2O2. The van der Waals surface area contributed by atoms with Crippen molar-refractivity contribution >= 4 is 11.8 Å². The number of carbonyl (C=O) groups is 2. The van der Waals surface area contributed by atoms with Gasteiger partial charge in [-0.2, -0.15) is 0 Å². The maximum absolute atomic E-state index is 11.7. The van der Waals surface area contributed by atoms with Crippen LogP contribution >= 0.6 is 0 Å². The Morgan fingerprint density at radius 2 is 2.36 bits per heavy atom. The van der Waals surface area contributed by atoms with Crippen molar-refractivity contribution in [1.29, 1.82) is 0 Å². The molecule has 78 valence electrons. The third-order valence-corrected chi connectivity index (χ3v) is 2.41. The van der Waals surface area contributed by atoms with Crippen molar-refractivity contribution in [3.05, 3.63) is 12.7 Å². The highest BCUT2D eigenvalue weighted by Gasteiger charge is 2.25. The lowest BCUT2D eigenvalue weighted by atomic mass is 10.1. The summed E-state index contributed by atoms with van der Waals surface area (Å²) in [5, 5.41) is 2.64. The second-order valence-corrected chi connectivity index (χ2v) is 3.52. The molecule has 4 nitrogen and oxygen atoms in total. The van der Waals surface area contributed by atoms with Crippen LogP contribution in [-0.4, -0.2) is 36.3 Å². The second-order valence-electron chi connectivity index (χ2n) is 3.52. The fourth-order valence-electron chi connectivity index (χ4n) is 1.56. The van der Waals surface area contributed by atoms with Crippen LogP contribution in [0.4, 0.5) is 0 Å². The topological polar surface area (TPSA) is 49.4 Å². The summed E-state index contributed by atoms with van der Waals surface area (Å²) in [5.74, 6) is -0.281. The van der Waals surface area contributed by atoms with Crippen molar-refractivity contribution in [2.24, 2.45) is 0 Å². The van der Waals surface area contributed by atoms with Crippen LogP contribution < -0.4 is 5.32 Å². The lowest BCUT2D eigenvalue weighted by molar-refractivity contribution is -0.133. The van der Waals surface area contributed by atoms with Gasteiger partial charge in [-0.05, 0) is 25.3 Å². The van der Waals surface area contributed by atoms with Crippen molar-refractivity contribution in [1.82, 2.24) is 10.2 Å². The Balaban J connectivity index is 2.60. The number of likely N-dealkylation sites (tertiary alicyclic amines) is 1. The molecule has 1 fully saturated rings. The Kier molecular flexibility index (Phi) is 3.68. The van der Waals surface area contributed by atoms with Crippen LogP contribution in [0.5, 0.6) is 0 Å². The smallest absolute Gasteiger partial charge is 0.244 e. The molecule has 1 saturated heterocycles. The molecule has 14 heavy (non-hydrogen) atoms. The van der Waals surface area contributed by atoms with E-state index in [4.69, 9.17) is 0 Å². The van der Waals surface area contributed by atoms with Gasteiger partial charge in [0.25, 0.3) is 0 Å². The highest BCUT2D eigenvalue weighted by Crippen LogP contribution is 2.10. The number of hydrogen-bond acceptors (Lipinski definition) is 2. The van der Waals surface area contributed by atoms with Gasteiger partial charge < -0.3 is 10.2 Å². The first-order chi connectivity index (χ1) is 6.65. The van der Waals surface area contributed by atoms with E-state index in [0.29, 0.717) is 0 Å². The van der Waals surface area contributed by atoms with Gasteiger partial charge in [0.1, 0.15) is 6.04 Å². The molecule has 0 aromatic carbocycles. The highest BCUT2D eigenvalue weighted by atomic mass is 16.2. The van der Waals surface area contributed by atoms with Crippen LogP contribution in [0.25, 0.3) is 0 Å². The third kappa shape index (κ3) is 2.58. The molecule has 0 bridgehead atoms. The van der Waals surface area contributed by atoms with Crippen LogP contribution in [0.15, 0.2) is 12.7 Å². The Labute approximate surface area is 84.0 Å². The van der Waals surface area contributed by atoms with Gasteiger partial charge in [0.05, 0.1) is 0 Å². The zero-order valence-corrected chi connectivity index (χ0v) is 8.45. The van der Waals surface area contributed by atoms with Gasteiger partial charge in [0.2, 0.25) is 11.8 Å². The largest absolute Gasteiger partial charge is 0.344 e. The molecule has 4 heteroatoms. The number of amides is 2. The van der Waals surface area contributed by atoms with Crippen molar-refractivity contribution in [2.45, 2.75) is 25.3 Å². The minimum Gasteiger partial charge on any atom is -0.344 e. The second kappa shape index (κ2) is 4.79. The number of hydrogen-bond donors (Lipinski definition) is 1. The molecule has 1 N–H and O–H groups in total. The summed E-state index contributed by atoms with van der Waals surface area (Å²) in [6.07, 6.45) is 3.89. The number of rotatable bonds is 2. The molecule has 1 unspecified atom stereocenters. The van der Waals surface area contributed by atoms with E-state index in [1.54, 1.807) is 11.9 Å². The molecule has 1 atom stereocenters. The highest BCUT2D eigenvalue weighted by molar-refractivity contribution is 5.92. The van der Waals surface area contributed by atoms with Gasteiger partial charge >= 0.3 is 0 Å². The fraction of sp³-hybridized carbons (Fsp3) is 0.600.